The maximum atomic E-state index is 11.5. The molecule has 2 rings (SSSR count). The van der Waals surface area contributed by atoms with Crippen LogP contribution in [0, 0.1) is 5.92 Å². The van der Waals surface area contributed by atoms with E-state index < -0.39 is 0 Å². The Bertz CT molecular complexity index is 291. The number of carbonyl (C=O) groups excluding carboxylic acids is 1. The molecule has 2 N–H and O–H groups in total. The molecule has 0 spiro atoms. The molecule has 0 atom stereocenters. The Labute approximate surface area is 74.6 Å². The van der Waals surface area contributed by atoms with E-state index in [0.717, 1.165) is 0 Å². The number of carbonyl (C=O) groups is 1. The summed E-state index contributed by atoms with van der Waals surface area (Å²) < 4.78 is 0. The zero-order valence-corrected chi connectivity index (χ0v) is 6.97. The summed E-state index contributed by atoms with van der Waals surface area (Å²) in [5, 5.41) is 14.8. The number of nitrogens with one attached hydrogen (secondary N) is 1. The number of amides is 1. The standard InChI is InChI=1S/C7H10N4O2/c12-3-5-1-11(2-5)7(13)6-8-4-9-10-6/h4-5,12H,1-3H2,(H,8,9,10). The first-order chi connectivity index (χ1) is 6.31. The number of aromatic nitrogens is 3. The first-order valence-corrected chi connectivity index (χ1v) is 4.06. The molecule has 1 aliphatic heterocycles. The molecule has 0 aromatic carbocycles. The molecule has 1 saturated heterocycles. The van der Waals surface area contributed by atoms with Gasteiger partial charge in [-0.2, -0.15) is 5.10 Å². The van der Waals surface area contributed by atoms with Gasteiger partial charge in [0, 0.05) is 25.6 Å². The van der Waals surface area contributed by atoms with Crippen LogP contribution in [0.3, 0.4) is 0 Å². The van der Waals surface area contributed by atoms with Crippen molar-refractivity contribution in [1.29, 1.82) is 0 Å². The van der Waals surface area contributed by atoms with Gasteiger partial charge in [-0.15, -0.1) is 0 Å². The third-order valence-corrected chi connectivity index (χ3v) is 2.12. The minimum absolute atomic E-state index is 0.139. The van der Waals surface area contributed by atoms with Crippen LogP contribution < -0.4 is 0 Å². The van der Waals surface area contributed by atoms with Gasteiger partial charge in [0.25, 0.3) is 5.91 Å². The second-order valence-electron chi connectivity index (χ2n) is 3.09. The maximum Gasteiger partial charge on any atom is 0.291 e. The minimum atomic E-state index is -0.151. The largest absolute Gasteiger partial charge is 0.396 e. The SMILES string of the molecule is O=C(c1ncn[nH]1)N1CC(CO)C1. The van der Waals surface area contributed by atoms with Gasteiger partial charge in [0.15, 0.2) is 0 Å². The average Bonchev–Trinajstić information content (AvgIpc) is 2.53. The van der Waals surface area contributed by atoms with Crippen LogP contribution in [0.25, 0.3) is 0 Å². The van der Waals surface area contributed by atoms with E-state index in [1.807, 2.05) is 0 Å². The fourth-order valence-electron chi connectivity index (χ4n) is 1.31. The van der Waals surface area contributed by atoms with Gasteiger partial charge in [-0.1, -0.05) is 0 Å². The fourth-order valence-corrected chi connectivity index (χ4v) is 1.31. The Balaban J connectivity index is 1.94. The predicted molar refractivity (Wildman–Crippen MR) is 42.9 cm³/mol. The summed E-state index contributed by atoms with van der Waals surface area (Å²) in [5.41, 5.74) is 0. The molecule has 0 saturated carbocycles. The van der Waals surface area contributed by atoms with Crippen molar-refractivity contribution in [3.05, 3.63) is 12.2 Å². The number of H-pyrrole nitrogens is 1. The second-order valence-corrected chi connectivity index (χ2v) is 3.09. The Morgan fingerprint density at radius 1 is 1.77 bits per heavy atom. The van der Waals surface area contributed by atoms with Crippen LogP contribution in [-0.2, 0) is 0 Å². The van der Waals surface area contributed by atoms with Crippen LogP contribution in [0.15, 0.2) is 6.33 Å². The van der Waals surface area contributed by atoms with Crippen molar-refractivity contribution in [2.45, 2.75) is 0 Å². The van der Waals surface area contributed by atoms with E-state index in [1.165, 1.54) is 6.33 Å². The molecule has 6 nitrogen and oxygen atoms in total. The molecule has 70 valence electrons. The molecule has 6 heteroatoms. The third kappa shape index (κ3) is 1.40. The normalized spacial score (nSPS) is 17.2. The Morgan fingerprint density at radius 2 is 2.54 bits per heavy atom. The van der Waals surface area contributed by atoms with Crippen LogP contribution in [0.4, 0.5) is 0 Å². The van der Waals surface area contributed by atoms with Gasteiger partial charge >= 0.3 is 0 Å². The number of aromatic amines is 1. The van der Waals surface area contributed by atoms with E-state index >= 15 is 0 Å². The summed E-state index contributed by atoms with van der Waals surface area (Å²) in [6, 6.07) is 0. The highest BCUT2D eigenvalue weighted by Crippen LogP contribution is 2.15. The summed E-state index contributed by atoms with van der Waals surface area (Å²) in [7, 11) is 0. The van der Waals surface area contributed by atoms with Crippen LogP contribution in [-0.4, -0.2) is 50.8 Å². The van der Waals surface area contributed by atoms with Crippen molar-refractivity contribution in [2.75, 3.05) is 19.7 Å². The van der Waals surface area contributed by atoms with Gasteiger partial charge in [-0.25, -0.2) is 4.98 Å². The van der Waals surface area contributed by atoms with Crippen molar-refractivity contribution in [3.63, 3.8) is 0 Å². The highest BCUT2D eigenvalue weighted by Gasteiger charge is 2.31. The monoisotopic (exact) mass is 182 g/mol. The van der Waals surface area contributed by atoms with E-state index in [4.69, 9.17) is 5.11 Å². The van der Waals surface area contributed by atoms with Crippen LogP contribution in [0.5, 0.6) is 0 Å². The minimum Gasteiger partial charge on any atom is -0.396 e. The van der Waals surface area contributed by atoms with Crippen molar-refractivity contribution in [3.8, 4) is 0 Å². The Morgan fingerprint density at radius 3 is 3.08 bits per heavy atom. The quantitative estimate of drug-likeness (QED) is 0.606. The first-order valence-electron chi connectivity index (χ1n) is 4.06. The molecule has 1 amide bonds. The van der Waals surface area contributed by atoms with Crippen LogP contribution in [0.2, 0.25) is 0 Å². The summed E-state index contributed by atoms with van der Waals surface area (Å²) in [4.78, 5) is 16.8. The van der Waals surface area contributed by atoms with Gasteiger partial charge in [-0.3, -0.25) is 9.89 Å². The molecule has 0 unspecified atom stereocenters. The maximum absolute atomic E-state index is 11.5. The van der Waals surface area contributed by atoms with Gasteiger partial charge in [0.1, 0.15) is 6.33 Å². The molecule has 0 bridgehead atoms. The summed E-state index contributed by atoms with van der Waals surface area (Å²) in [6.07, 6.45) is 1.30. The molecular weight excluding hydrogens is 172 g/mol. The van der Waals surface area contributed by atoms with Gasteiger partial charge < -0.3 is 10.0 Å². The van der Waals surface area contributed by atoms with Crippen molar-refractivity contribution in [2.24, 2.45) is 5.92 Å². The van der Waals surface area contributed by atoms with E-state index in [-0.39, 0.29) is 24.3 Å². The lowest BCUT2D eigenvalue weighted by molar-refractivity contribution is 0.0351. The van der Waals surface area contributed by atoms with E-state index in [0.29, 0.717) is 13.1 Å². The number of nitrogens with zero attached hydrogens (tertiary/aromatic N) is 3. The topological polar surface area (TPSA) is 82.1 Å². The van der Waals surface area contributed by atoms with Crippen molar-refractivity contribution < 1.29 is 9.90 Å². The number of aliphatic hydroxyl groups excluding tert-OH is 1. The lowest BCUT2D eigenvalue weighted by Gasteiger charge is -2.37. The summed E-state index contributed by atoms with van der Waals surface area (Å²) in [6.45, 7) is 1.35. The number of hydrogen-bond acceptors (Lipinski definition) is 4. The average molecular weight is 182 g/mol. The van der Waals surface area contributed by atoms with E-state index in [9.17, 15) is 4.79 Å². The second kappa shape index (κ2) is 3.14. The molecule has 0 radical (unpaired) electrons. The predicted octanol–water partition coefficient (Wildman–Crippen LogP) is -1.13. The highest BCUT2D eigenvalue weighted by molar-refractivity contribution is 5.90. The molecule has 1 aromatic heterocycles. The van der Waals surface area contributed by atoms with E-state index in [1.54, 1.807) is 4.90 Å². The number of rotatable bonds is 2. The zero-order chi connectivity index (χ0) is 9.26. The molecular formula is C7H10N4O2. The van der Waals surface area contributed by atoms with Crippen LogP contribution in [0.1, 0.15) is 10.6 Å². The van der Waals surface area contributed by atoms with Gasteiger partial charge in [-0.05, 0) is 0 Å². The Kier molecular flexibility index (Phi) is 1.97. The number of aliphatic hydroxyl groups is 1. The van der Waals surface area contributed by atoms with Crippen molar-refractivity contribution in [1.82, 2.24) is 20.1 Å². The fraction of sp³-hybridized carbons (Fsp3) is 0.571. The molecule has 1 aliphatic rings. The Hall–Kier alpha value is -1.43. The molecule has 13 heavy (non-hydrogen) atoms. The zero-order valence-electron chi connectivity index (χ0n) is 6.97. The smallest absolute Gasteiger partial charge is 0.291 e. The lowest BCUT2D eigenvalue weighted by atomic mass is 10.0. The summed E-state index contributed by atoms with van der Waals surface area (Å²) in [5.74, 6) is 0.338. The molecule has 1 fully saturated rings. The number of hydrogen-bond donors (Lipinski definition) is 2. The highest BCUT2D eigenvalue weighted by atomic mass is 16.3. The van der Waals surface area contributed by atoms with Gasteiger partial charge in [0.05, 0.1) is 0 Å². The first kappa shape index (κ1) is 8.18. The molecule has 2 heterocycles. The van der Waals surface area contributed by atoms with E-state index in [2.05, 4.69) is 15.2 Å². The molecule has 0 aliphatic carbocycles. The van der Waals surface area contributed by atoms with Crippen LogP contribution >= 0.6 is 0 Å². The van der Waals surface area contributed by atoms with Gasteiger partial charge in [0.2, 0.25) is 5.82 Å². The molecule has 1 aromatic rings. The third-order valence-electron chi connectivity index (χ3n) is 2.12. The number of likely N-dealkylation sites (tertiary alicyclic amines) is 1. The summed E-state index contributed by atoms with van der Waals surface area (Å²) >= 11 is 0. The van der Waals surface area contributed by atoms with Crippen molar-refractivity contribution >= 4 is 5.91 Å². The lowest BCUT2D eigenvalue weighted by Crippen LogP contribution is -2.51.